The van der Waals surface area contributed by atoms with Gasteiger partial charge in [-0.1, -0.05) is 0 Å². The number of hydrogen-bond acceptors (Lipinski definition) is 3. The molecule has 0 bridgehead atoms. The van der Waals surface area contributed by atoms with Crippen LogP contribution in [0, 0.1) is 11.3 Å². The van der Waals surface area contributed by atoms with Gasteiger partial charge in [-0.3, -0.25) is 0 Å². The number of halogens is 1. The number of nitriles is 1. The maximum atomic E-state index is 8.86. The average Bonchev–Trinajstić information content (AvgIpc) is 2.29. The molecule has 0 aliphatic carbocycles. The molecule has 2 rings (SSSR count). The molecule has 90 valence electrons. The van der Waals surface area contributed by atoms with Crippen molar-refractivity contribution >= 4 is 21.6 Å². The summed E-state index contributed by atoms with van der Waals surface area (Å²) in [6, 6.07) is 7.88. The predicted octanol–water partition coefficient (Wildman–Crippen LogP) is 3.30. The zero-order chi connectivity index (χ0) is 12.3. The van der Waals surface area contributed by atoms with E-state index in [0.717, 1.165) is 36.2 Å². The number of anilines is 1. The van der Waals surface area contributed by atoms with E-state index in [1.54, 1.807) is 0 Å². The lowest BCUT2D eigenvalue weighted by Gasteiger charge is -2.35. The molecule has 17 heavy (non-hydrogen) atoms. The van der Waals surface area contributed by atoms with Crippen molar-refractivity contribution in [2.24, 2.45) is 0 Å². The van der Waals surface area contributed by atoms with Crippen LogP contribution < -0.4 is 5.32 Å². The molecule has 0 amide bonds. The van der Waals surface area contributed by atoms with E-state index in [-0.39, 0.29) is 5.54 Å². The quantitative estimate of drug-likeness (QED) is 0.910. The topological polar surface area (TPSA) is 45.0 Å². The van der Waals surface area contributed by atoms with Crippen LogP contribution in [0.5, 0.6) is 0 Å². The van der Waals surface area contributed by atoms with Crippen molar-refractivity contribution in [3.63, 3.8) is 0 Å². The molecule has 4 heteroatoms. The van der Waals surface area contributed by atoms with Gasteiger partial charge in [0.15, 0.2) is 0 Å². The second-order valence-electron chi connectivity index (χ2n) is 4.60. The van der Waals surface area contributed by atoms with Crippen LogP contribution in [0.3, 0.4) is 0 Å². The summed E-state index contributed by atoms with van der Waals surface area (Å²) in [4.78, 5) is 0. The fourth-order valence-electron chi connectivity index (χ4n) is 1.98. The maximum absolute atomic E-state index is 8.86. The Morgan fingerprint density at radius 1 is 1.41 bits per heavy atom. The van der Waals surface area contributed by atoms with Crippen molar-refractivity contribution in [2.75, 3.05) is 18.5 Å². The maximum Gasteiger partial charge on any atom is 0.100 e. The average molecular weight is 295 g/mol. The molecule has 1 saturated heterocycles. The normalized spacial score (nSPS) is 18.4. The molecule has 0 aromatic heterocycles. The summed E-state index contributed by atoms with van der Waals surface area (Å²) in [5.74, 6) is 0. The largest absolute Gasteiger partial charge is 0.381 e. The first-order valence-corrected chi connectivity index (χ1v) is 6.48. The van der Waals surface area contributed by atoms with Crippen LogP contribution >= 0.6 is 15.9 Å². The molecular formula is C13H15BrN2O. The van der Waals surface area contributed by atoms with Crippen LogP contribution in [0.2, 0.25) is 0 Å². The minimum Gasteiger partial charge on any atom is -0.381 e. The molecule has 0 saturated carbocycles. The van der Waals surface area contributed by atoms with Gasteiger partial charge in [-0.15, -0.1) is 0 Å². The third-order valence-corrected chi connectivity index (χ3v) is 3.79. The van der Waals surface area contributed by atoms with Crippen molar-refractivity contribution in [1.82, 2.24) is 0 Å². The zero-order valence-corrected chi connectivity index (χ0v) is 11.4. The van der Waals surface area contributed by atoms with E-state index in [0.29, 0.717) is 5.56 Å². The highest BCUT2D eigenvalue weighted by Crippen LogP contribution is 2.28. The van der Waals surface area contributed by atoms with Crippen LogP contribution in [-0.2, 0) is 4.74 Å². The molecule has 1 fully saturated rings. The smallest absolute Gasteiger partial charge is 0.100 e. The fraction of sp³-hybridized carbons (Fsp3) is 0.462. The minimum absolute atomic E-state index is 0.0891. The Morgan fingerprint density at radius 3 is 2.71 bits per heavy atom. The zero-order valence-electron chi connectivity index (χ0n) is 9.79. The van der Waals surface area contributed by atoms with E-state index in [9.17, 15) is 0 Å². The molecule has 0 radical (unpaired) electrons. The van der Waals surface area contributed by atoms with Gasteiger partial charge in [0, 0.05) is 28.9 Å². The van der Waals surface area contributed by atoms with Gasteiger partial charge in [-0.05, 0) is 53.9 Å². The molecule has 1 aromatic carbocycles. The Balaban J connectivity index is 2.13. The molecule has 0 unspecified atom stereocenters. The van der Waals surface area contributed by atoms with E-state index < -0.39 is 0 Å². The van der Waals surface area contributed by atoms with Crippen molar-refractivity contribution in [3.8, 4) is 6.07 Å². The van der Waals surface area contributed by atoms with Crippen LogP contribution in [0.4, 0.5) is 5.69 Å². The number of ether oxygens (including phenoxy) is 1. The summed E-state index contributed by atoms with van der Waals surface area (Å²) in [6.45, 7) is 3.82. The van der Waals surface area contributed by atoms with Crippen molar-refractivity contribution in [3.05, 3.63) is 28.2 Å². The highest BCUT2D eigenvalue weighted by molar-refractivity contribution is 9.10. The van der Waals surface area contributed by atoms with Gasteiger partial charge in [-0.25, -0.2) is 0 Å². The van der Waals surface area contributed by atoms with E-state index in [1.807, 2.05) is 18.2 Å². The first-order chi connectivity index (χ1) is 8.13. The van der Waals surface area contributed by atoms with Crippen LogP contribution in [0.15, 0.2) is 22.7 Å². The van der Waals surface area contributed by atoms with Gasteiger partial charge in [0.25, 0.3) is 0 Å². The lowest BCUT2D eigenvalue weighted by molar-refractivity contribution is 0.0658. The highest BCUT2D eigenvalue weighted by atomic mass is 79.9. The first-order valence-electron chi connectivity index (χ1n) is 5.69. The summed E-state index contributed by atoms with van der Waals surface area (Å²) in [5.41, 5.74) is 1.79. The fourth-order valence-corrected chi connectivity index (χ4v) is 2.45. The Morgan fingerprint density at radius 2 is 2.12 bits per heavy atom. The second-order valence-corrected chi connectivity index (χ2v) is 5.46. The standard InChI is InChI=1S/C13H15BrN2O/c1-13(4-6-17-7-5-13)16-11-3-2-10(9-15)12(14)8-11/h2-3,8,16H,4-7H2,1H3. The Bertz CT molecular complexity index is 447. The number of rotatable bonds is 2. The monoisotopic (exact) mass is 294 g/mol. The van der Waals surface area contributed by atoms with Gasteiger partial charge < -0.3 is 10.1 Å². The molecule has 0 spiro atoms. The summed E-state index contributed by atoms with van der Waals surface area (Å²) in [7, 11) is 0. The van der Waals surface area contributed by atoms with E-state index >= 15 is 0 Å². The van der Waals surface area contributed by atoms with Crippen LogP contribution in [0.25, 0.3) is 0 Å². The first kappa shape index (κ1) is 12.4. The van der Waals surface area contributed by atoms with Crippen LogP contribution in [0.1, 0.15) is 25.3 Å². The molecule has 1 aliphatic heterocycles. The van der Waals surface area contributed by atoms with E-state index in [1.165, 1.54) is 0 Å². The molecule has 1 aromatic rings. The molecule has 1 N–H and O–H groups in total. The Labute approximate surface area is 110 Å². The molecule has 1 aliphatic rings. The SMILES string of the molecule is CC1(Nc2ccc(C#N)c(Br)c2)CCOCC1. The van der Waals surface area contributed by atoms with Gasteiger partial charge >= 0.3 is 0 Å². The number of benzene rings is 1. The molecule has 3 nitrogen and oxygen atoms in total. The minimum atomic E-state index is 0.0891. The van der Waals surface area contributed by atoms with Gasteiger partial charge in [-0.2, -0.15) is 5.26 Å². The van der Waals surface area contributed by atoms with E-state index in [2.05, 4.69) is 34.2 Å². The third kappa shape index (κ3) is 2.99. The van der Waals surface area contributed by atoms with Crippen LogP contribution in [-0.4, -0.2) is 18.8 Å². The van der Waals surface area contributed by atoms with E-state index in [4.69, 9.17) is 10.00 Å². The van der Waals surface area contributed by atoms with Crippen molar-refractivity contribution < 1.29 is 4.74 Å². The molecule has 1 heterocycles. The number of nitrogens with one attached hydrogen (secondary N) is 1. The van der Waals surface area contributed by atoms with Crippen molar-refractivity contribution in [1.29, 1.82) is 5.26 Å². The Hall–Kier alpha value is -1.05. The lowest BCUT2D eigenvalue weighted by Crippen LogP contribution is -2.40. The lowest BCUT2D eigenvalue weighted by atomic mass is 9.92. The second kappa shape index (κ2) is 5.07. The molecular weight excluding hydrogens is 280 g/mol. The van der Waals surface area contributed by atoms with Gasteiger partial charge in [0.2, 0.25) is 0 Å². The predicted molar refractivity (Wildman–Crippen MR) is 70.9 cm³/mol. The number of nitrogens with zero attached hydrogens (tertiary/aromatic N) is 1. The van der Waals surface area contributed by atoms with Gasteiger partial charge in [0.05, 0.1) is 5.56 Å². The third-order valence-electron chi connectivity index (χ3n) is 3.13. The van der Waals surface area contributed by atoms with Gasteiger partial charge in [0.1, 0.15) is 6.07 Å². The summed E-state index contributed by atoms with van der Waals surface area (Å²) >= 11 is 3.40. The summed E-state index contributed by atoms with van der Waals surface area (Å²) in [6.07, 6.45) is 2.01. The highest BCUT2D eigenvalue weighted by Gasteiger charge is 2.26. The van der Waals surface area contributed by atoms with Crippen molar-refractivity contribution in [2.45, 2.75) is 25.3 Å². The summed E-state index contributed by atoms with van der Waals surface area (Å²) in [5, 5.41) is 12.4. The Kier molecular flexibility index (Phi) is 3.70. The number of hydrogen-bond donors (Lipinski definition) is 1. The molecule has 0 atom stereocenters. The summed E-state index contributed by atoms with van der Waals surface area (Å²) < 4.78 is 6.20.